The minimum atomic E-state index is 0.898. The molecule has 0 aliphatic carbocycles. The van der Waals surface area contributed by atoms with Gasteiger partial charge < -0.3 is 5.32 Å². The van der Waals surface area contributed by atoms with Crippen LogP contribution in [-0.4, -0.2) is 26.7 Å². The number of nitrogens with zero attached hydrogens (tertiary/aromatic N) is 3. The number of rotatable bonds is 5. The van der Waals surface area contributed by atoms with Crippen LogP contribution in [-0.2, 0) is 6.42 Å². The zero-order valence-corrected chi connectivity index (χ0v) is 10.5. The number of para-hydroxylation sites is 1. The van der Waals surface area contributed by atoms with E-state index in [9.17, 15) is 0 Å². The van der Waals surface area contributed by atoms with Crippen molar-refractivity contribution in [2.75, 3.05) is 11.9 Å². The van der Waals surface area contributed by atoms with Crippen molar-refractivity contribution in [2.45, 2.75) is 12.8 Å². The molecule has 0 amide bonds. The van der Waals surface area contributed by atoms with E-state index in [1.54, 1.807) is 6.33 Å². The molecule has 0 aliphatic heterocycles. The van der Waals surface area contributed by atoms with Crippen molar-refractivity contribution in [2.24, 2.45) is 0 Å². The van der Waals surface area contributed by atoms with E-state index in [1.165, 1.54) is 0 Å². The highest BCUT2D eigenvalue weighted by molar-refractivity contribution is 5.90. The molecular weight excluding hydrogens is 238 g/mol. The number of aryl methyl sites for hydroxylation is 1. The first-order valence-corrected chi connectivity index (χ1v) is 6.35. The molecule has 0 spiro atoms. The molecule has 2 aromatic heterocycles. The smallest absolute Gasteiger partial charge is 0.137 e. The number of H-pyrrole nitrogens is 1. The van der Waals surface area contributed by atoms with Crippen LogP contribution in [0.15, 0.2) is 42.9 Å². The fourth-order valence-corrected chi connectivity index (χ4v) is 2.08. The first-order chi connectivity index (χ1) is 9.43. The highest BCUT2D eigenvalue weighted by atomic mass is 15.2. The van der Waals surface area contributed by atoms with E-state index in [0.29, 0.717) is 0 Å². The fraction of sp³-hybridized carbons (Fsp3) is 0.214. The Balaban J connectivity index is 1.62. The fourth-order valence-electron chi connectivity index (χ4n) is 2.08. The van der Waals surface area contributed by atoms with Crippen LogP contribution in [0.1, 0.15) is 12.2 Å². The minimum absolute atomic E-state index is 0.898. The maximum atomic E-state index is 4.35. The van der Waals surface area contributed by atoms with Gasteiger partial charge in [-0.2, -0.15) is 5.10 Å². The highest BCUT2D eigenvalue weighted by Gasteiger charge is 2.00. The van der Waals surface area contributed by atoms with E-state index in [-0.39, 0.29) is 0 Å². The summed E-state index contributed by atoms with van der Waals surface area (Å²) < 4.78 is 0. The number of nitrogens with one attached hydrogen (secondary N) is 2. The molecule has 3 aromatic rings. The molecule has 0 saturated heterocycles. The molecule has 2 heterocycles. The number of hydrogen-bond acceptors (Lipinski definition) is 4. The Bertz CT molecular complexity index is 643. The molecule has 0 fully saturated rings. The molecule has 0 saturated carbocycles. The summed E-state index contributed by atoms with van der Waals surface area (Å²) in [5, 5.41) is 11.3. The Morgan fingerprint density at radius 3 is 2.95 bits per heavy atom. The van der Waals surface area contributed by atoms with Gasteiger partial charge in [-0.05, 0) is 18.6 Å². The van der Waals surface area contributed by atoms with Crippen molar-refractivity contribution in [1.82, 2.24) is 20.2 Å². The van der Waals surface area contributed by atoms with Gasteiger partial charge >= 0.3 is 0 Å². The Labute approximate surface area is 111 Å². The van der Waals surface area contributed by atoms with E-state index >= 15 is 0 Å². The van der Waals surface area contributed by atoms with E-state index < -0.39 is 0 Å². The highest BCUT2D eigenvalue weighted by Crippen LogP contribution is 2.20. The average Bonchev–Trinajstić information content (AvgIpc) is 2.97. The number of anilines is 1. The van der Waals surface area contributed by atoms with E-state index in [2.05, 4.69) is 31.5 Å². The van der Waals surface area contributed by atoms with Gasteiger partial charge in [-0.15, -0.1) is 0 Å². The molecule has 5 heteroatoms. The predicted octanol–water partition coefficient (Wildman–Crippen LogP) is 2.40. The van der Waals surface area contributed by atoms with Gasteiger partial charge in [0.1, 0.15) is 12.2 Å². The summed E-state index contributed by atoms with van der Waals surface area (Å²) >= 11 is 0. The molecular formula is C14H15N5. The summed E-state index contributed by atoms with van der Waals surface area (Å²) in [4.78, 5) is 8.45. The molecule has 2 N–H and O–H groups in total. The van der Waals surface area contributed by atoms with Crippen molar-refractivity contribution in [3.05, 3.63) is 48.7 Å². The average molecular weight is 253 g/mol. The Hall–Kier alpha value is -2.43. The van der Waals surface area contributed by atoms with Gasteiger partial charge in [-0.25, -0.2) is 4.98 Å². The van der Waals surface area contributed by atoms with Gasteiger partial charge in [0.2, 0.25) is 0 Å². The standard InChI is InChI=1S/C14H15N5/c1-2-5-12-11(4-1)13(7-9-16-12)15-8-3-6-14-17-10-18-19-14/h1-2,4-5,7,9-10H,3,6,8H2,(H,15,16)(H,17,18,19). The summed E-state index contributed by atoms with van der Waals surface area (Å²) in [7, 11) is 0. The SMILES string of the molecule is c1ccc2c(NCCCc3ncn[nH]3)ccnc2c1. The lowest BCUT2D eigenvalue weighted by atomic mass is 10.2. The van der Waals surface area contributed by atoms with Crippen LogP contribution in [0.2, 0.25) is 0 Å². The van der Waals surface area contributed by atoms with Crippen molar-refractivity contribution in [1.29, 1.82) is 0 Å². The van der Waals surface area contributed by atoms with Crippen molar-refractivity contribution >= 4 is 16.6 Å². The molecule has 0 unspecified atom stereocenters. The van der Waals surface area contributed by atoms with Crippen LogP contribution in [0.5, 0.6) is 0 Å². The number of aromatic amines is 1. The monoisotopic (exact) mass is 253 g/mol. The molecule has 0 atom stereocenters. The van der Waals surface area contributed by atoms with Crippen LogP contribution in [0, 0.1) is 0 Å². The Morgan fingerprint density at radius 1 is 1.11 bits per heavy atom. The molecule has 0 aliphatic rings. The minimum Gasteiger partial charge on any atom is -0.384 e. The third-order valence-electron chi connectivity index (χ3n) is 3.02. The van der Waals surface area contributed by atoms with Crippen molar-refractivity contribution in [3.8, 4) is 0 Å². The molecule has 3 rings (SSSR count). The quantitative estimate of drug-likeness (QED) is 0.685. The molecule has 19 heavy (non-hydrogen) atoms. The molecule has 5 nitrogen and oxygen atoms in total. The van der Waals surface area contributed by atoms with E-state index in [1.807, 2.05) is 30.5 Å². The van der Waals surface area contributed by atoms with Crippen LogP contribution < -0.4 is 5.32 Å². The number of hydrogen-bond donors (Lipinski definition) is 2. The number of fused-ring (bicyclic) bond motifs is 1. The van der Waals surface area contributed by atoms with Crippen LogP contribution in [0.25, 0.3) is 10.9 Å². The van der Waals surface area contributed by atoms with Gasteiger partial charge in [0.15, 0.2) is 0 Å². The van der Waals surface area contributed by atoms with Gasteiger partial charge in [-0.3, -0.25) is 10.1 Å². The largest absolute Gasteiger partial charge is 0.384 e. The second-order valence-corrected chi connectivity index (χ2v) is 4.34. The summed E-state index contributed by atoms with van der Waals surface area (Å²) in [6, 6.07) is 10.2. The molecule has 0 radical (unpaired) electrons. The molecule has 96 valence electrons. The predicted molar refractivity (Wildman–Crippen MR) is 74.9 cm³/mol. The number of benzene rings is 1. The Kier molecular flexibility index (Phi) is 3.36. The zero-order chi connectivity index (χ0) is 12.9. The lowest BCUT2D eigenvalue weighted by molar-refractivity contribution is 0.806. The second-order valence-electron chi connectivity index (χ2n) is 4.34. The van der Waals surface area contributed by atoms with Crippen LogP contribution in [0.4, 0.5) is 5.69 Å². The van der Waals surface area contributed by atoms with Crippen molar-refractivity contribution in [3.63, 3.8) is 0 Å². The molecule has 0 bridgehead atoms. The van der Waals surface area contributed by atoms with Gasteiger partial charge in [0, 0.05) is 30.2 Å². The third-order valence-corrected chi connectivity index (χ3v) is 3.02. The number of pyridine rings is 1. The Morgan fingerprint density at radius 2 is 2.05 bits per heavy atom. The normalized spacial score (nSPS) is 10.7. The summed E-state index contributed by atoms with van der Waals surface area (Å²) in [5.41, 5.74) is 2.14. The zero-order valence-electron chi connectivity index (χ0n) is 10.5. The summed E-state index contributed by atoms with van der Waals surface area (Å²) in [5.74, 6) is 0.932. The summed E-state index contributed by atoms with van der Waals surface area (Å²) in [6.07, 6.45) is 5.28. The molecule has 1 aromatic carbocycles. The second kappa shape index (κ2) is 5.48. The lowest BCUT2D eigenvalue weighted by Crippen LogP contribution is -2.04. The third kappa shape index (κ3) is 2.70. The van der Waals surface area contributed by atoms with Gasteiger partial charge in [0.25, 0.3) is 0 Å². The number of aromatic nitrogens is 4. The van der Waals surface area contributed by atoms with E-state index in [4.69, 9.17) is 0 Å². The van der Waals surface area contributed by atoms with Crippen LogP contribution in [0.3, 0.4) is 0 Å². The van der Waals surface area contributed by atoms with Crippen LogP contribution >= 0.6 is 0 Å². The topological polar surface area (TPSA) is 66.5 Å². The maximum absolute atomic E-state index is 4.35. The van der Waals surface area contributed by atoms with Gasteiger partial charge in [0.05, 0.1) is 5.52 Å². The lowest BCUT2D eigenvalue weighted by Gasteiger charge is -2.08. The van der Waals surface area contributed by atoms with E-state index in [0.717, 1.165) is 41.8 Å². The maximum Gasteiger partial charge on any atom is 0.137 e. The summed E-state index contributed by atoms with van der Waals surface area (Å²) in [6.45, 7) is 0.898. The first kappa shape index (κ1) is 11.6. The van der Waals surface area contributed by atoms with Gasteiger partial charge in [-0.1, -0.05) is 18.2 Å². The first-order valence-electron chi connectivity index (χ1n) is 6.35. The van der Waals surface area contributed by atoms with Crippen molar-refractivity contribution < 1.29 is 0 Å².